The lowest BCUT2D eigenvalue weighted by Gasteiger charge is -2.34. The van der Waals surface area contributed by atoms with Gasteiger partial charge in [-0.3, -0.25) is 0 Å². The Balaban J connectivity index is 1.60. The Kier molecular flexibility index (Phi) is 4.67. The molecule has 0 spiro atoms. The Bertz CT molecular complexity index is 508. The van der Waals surface area contributed by atoms with Crippen molar-refractivity contribution in [3.63, 3.8) is 0 Å². The van der Waals surface area contributed by atoms with Crippen LogP contribution in [0.3, 0.4) is 0 Å². The second-order valence-electron chi connectivity index (χ2n) is 6.57. The van der Waals surface area contributed by atoms with E-state index in [1.807, 2.05) is 12.2 Å². The molecule has 0 N–H and O–H groups in total. The molecule has 0 aromatic heterocycles. The molecule has 3 aliphatic rings. The topological polar surface area (TPSA) is 28.1 Å². The standard InChI is InChI=1S/C18H27N3O/c1-4-14-8-10-21(13-15(14)5-2)18-19-11-17(22-18)16-7-6-9-20(3)12-16/h4-5,16-17H,1-2,6-13H2,3H3. The summed E-state index contributed by atoms with van der Waals surface area (Å²) < 4.78 is 6.22. The summed E-state index contributed by atoms with van der Waals surface area (Å²) in [4.78, 5) is 9.33. The Morgan fingerprint density at radius 1 is 1.23 bits per heavy atom. The minimum Gasteiger partial charge on any atom is -0.460 e. The summed E-state index contributed by atoms with van der Waals surface area (Å²) in [7, 11) is 2.20. The van der Waals surface area contributed by atoms with Gasteiger partial charge in [-0.15, -0.1) is 0 Å². The number of ether oxygens (including phenoxy) is 1. The van der Waals surface area contributed by atoms with Crippen LogP contribution in [0.2, 0.25) is 0 Å². The maximum absolute atomic E-state index is 6.22. The normalized spacial score (nSPS) is 30.0. The lowest BCUT2D eigenvalue weighted by atomic mass is 9.93. The molecule has 4 nitrogen and oxygen atoms in total. The lowest BCUT2D eigenvalue weighted by molar-refractivity contribution is 0.0771. The quantitative estimate of drug-likeness (QED) is 0.801. The number of amidine groups is 1. The van der Waals surface area contributed by atoms with E-state index in [2.05, 4.69) is 35.0 Å². The third kappa shape index (κ3) is 3.12. The first-order valence-corrected chi connectivity index (χ1v) is 8.32. The van der Waals surface area contributed by atoms with Gasteiger partial charge in [0.2, 0.25) is 0 Å². The first-order chi connectivity index (χ1) is 10.7. The summed E-state index contributed by atoms with van der Waals surface area (Å²) in [6, 6.07) is 0.834. The number of aliphatic imine (C=N–C) groups is 1. The van der Waals surface area contributed by atoms with Gasteiger partial charge in [0.1, 0.15) is 6.10 Å². The van der Waals surface area contributed by atoms with E-state index in [-0.39, 0.29) is 6.10 Å². The predicted octanol–water partition coefficient (Wildman–Crippen LogP) is 2.46. The number of hydrogen-bond donors (Lipinski definition) is 0. The Hall–Kier alpha value is -1.55. The van der Waals surface area contributed by atoms with Crippen LogP contribution in [0.1, 0.15) is 19.3 Å². The van der Waals surface area contributed by atoms with Crippen molar-refractivity contribution in [1.82, 2.24) is 9.80 Å². The molecule has 1 saturated heterocycles. The van der Waals surface area contributed by atoms with E-state index in [0.717, 1.165) is 38.6 Å². The third-order valence-corrected chi connectivity index (χ3v) is 5.04. The number of piperidine rings is 1. The monoisotopic (exact) mass is 301 g/mol. The van der Waals surface area contributed by atoms with Crippen molar-refractivity contribution in [1.29, 1.82) is 0 Å². The van der Waals surface area contributed by atoms with Crippen molar-refractivity contribution in [2.24, 2.45) is 10.9 Å². The van der Waals surface area contributed by atoms with Crippen molar-refractivity contribution in [3.05, 3.63) is 36.5 Å². The van der Waals surface area contributed by atoms with E-state index < -0.39 is 0 Å². The van der Waals surface area contributed by atoms with Crippen molar-refractivity contribution < 1.29 is 4.74 Å². The van der Waals surface area contributed by atoms with E-state index >= 15 is 0 Å². The molecule has 3 heterocycles. The summed E-state index contributed by atoms with van der Waals surface area (Å²) in [6.07, 6.45) is 7.67. The smallest absolute Gasteiger partial charge is 0.288 e. The van der Waals surface area contributed by atoms with Gasteiger partial charge in [-0.1, -0.05) is 25.3 Å². The van der Waals surface area contributed by atoms with Gasteiger partial charge in [-0.2, -0.15) is 0 Å². The molecule has 0 aromatic rings. The minimum absolute atomic E-state index is 0.259. The van der Waals surface area contributed by atoms with E-state index in [1.165, 1.54) is 30.5 Å². The van der Waals surface area contributed by atoms with Crippen molar-refractivity contribution >= 4 is 6.02 Å². The molecule has 0 saturated carbocycles. The van der Waals surface area contributed by atoms with Gasteiger partial charge in [0.05, 0.1) is 6.54 Å². The average Bonchev–Trinajstić information content (AvgIpc) is 3.04. The molecule has 120 valence electrons. The largest absolute Gasteiger partial charge is 0.460 e. The van der Waals surface area contributed by atoms with E-state index in [4.69, 9.17) is 4.74 Å². The number of likely N-dealkylation sites (tertiary alicyclic amines) is 1. The highest BCUT2D eigenvalue weighted by Gasteiger charge is 2.33. The number of hydrogen-bond acceptors (Lipinski definition) is 4. The second-order valence-corrected chi connectivity index (χ2v) is 6.57. The zero-order valence-electron chi connectivity index (χ0n) is 13.6. The van der Waals surface area contributed by atoms with Crippen LogP contribution in [-0.4, -0.2) is 61.7 Å². The van der Waals surface area contributed by atoms with Crippen LogP contribution < -0.4 is 0 Å². The molecule has 1 fully saturated rings. The zero-order valence-corrected chi connectivity index (χ0v) is 13.6. The Morgan fingerprint density at radius 2 is 2.05 bits per heavy atom. The van der Waals surface area contributed by atoms with E-state index in [1.54, 1.807) is 0 Å². The van der Waals surface area contributed by atoms with Crippen LogP contribution in [0.15, 0.2) is 41.4 Å². The first kappa shape index (κ1) is 15.3. The van der Waals surface area contributed by atoms with Gasteiger partial charge in [0, 0.05) is 25.6 Å². The molecule has 0 amide bonds. The summed E-state index contributed by atoms with van der Waals surface area (Å²) in [5, 5.41) is 0. The predicted molar refractivity (Wildman–Crippen MR) is 91.0 cm³/mol. The van der Waals surface area contributed by atoms with Crippen LogP contribution in [0.5, 0.6) is 0 Å². The average molecular weight is 301 g/mol. The molecule has 2 atom stereocenters. The van der Waals surface area contributed by atoms with Gasteiger partial charge in [0.15, 0.2) is 0 Å². The highest BCUT2D eigenvalue weighted by molar-refractivity contribution is 5.76. The molecule has 2 unspecified atom stereocenters. The summed E-state index contributed by atoms with van der Waals surface area (Å²) in [6.45, 7) is 12.8. The maximum atomic E-state index is 6.22. The maximum Gasteiger partial charge on any atom is 0.288 e. The fourth-order valence-electron chi connectivity index (χ4n) is 3.70. The molecule has 22 heavy (non-hydrogen) atoms. The zero-order chi connectivity index (χ0) is 15.5. The number of allylic oxidation sites excluding steroid dienone is 1. The van der Waals surface area contributed by atoms with Gasteiger partial charge >= 0.3 is 0 Å². The van der Waals surface area contributed by atoms with Crippen LogP contribution in [-0.2, 0) is 4.74 Å². The van der Waals surface area contributed by atoms with Gasteiger partial charge in [-0.05, 0) is 44.0 Å². The number of nitrogens with zero attached hydrogens (tertiary/aromatic N) is 3. The molecule has 3 aliphatic heterocycles. The first-order valence-electron chi connectivity index (χ1n) is 8.32. The molecule has 0 radical (unpaired) electrons. The highest BCUT2D eigenvalue weighted by Crippen LogP contribution is 2.27. The summed E-state index contributed by atoms with van der Waals surface area (Å²) >= 11 is 0. The molecule has 0 bridgehead atoms. The molecule has 3 rings (SSSR count). The second kappa shape index (κ2) is 6.69. The fourth-order valence-corrected chi connectivity index (χ4v) is 3.70. The SMILES string of the molecule is C=CC1=C(C=C)CN(C2=NCC(C3CCCN(C)C3)O2)CC1. The minimum atomic E-state index is 0.259. The van der Waals surface area contributed by atoms with E-state index in [0.29, 0.717) is 5.92 Å². The van der Waals surface area contributed by atoms with Crippen LogP contribution in [0.25, 0.3) is 0 Å². The summed E-state index contributed by atoms with van der Waals surface area (Å²) in [5.74, 6) is 0.614. The molecule has 0 aliphatic carbocycles. The molecule has 4 heteroatoms. The van der Waals surface area contributed by atoms with Crippen LogP contribution in [0.4, 0.5) is 0 Å². The Morgan fingerprint density at radius 3 is 2.77 bits per heavy atom. The van der Waals surface area contributed by atoms with Crippen molar-refractivity contribution in [2.45, 2.75) is 25.4 Å². The summed E-state index contributed by atoms with van der Waals surface area (Å²) in [5.41, 5.74) is 2.55. The van der Waals surface area contributed by atoms with Crippen LogP contribution in [0, 0.1) is 5.92 Å². The van der Waals surface area contributed by atoms with Crippen molar-refractivity contribution in [3.8, 4) is 0 Å². The highest BCUT2D eigenvalue weighted by atomic mass is 16.5. The van der Waals surface area contributed by atoms with Gasteiger partial charge in [0.25, 0.3) is 6.02 Å². The lowest BCUT2D eigenvalue weighted by Crippen LogP contribution is -2.42. The van der Waals surface area contributed by atoms with Crippen LogP contribution >= 0.6 is 0 Å². The van der Waals surface area contributed by atoms with Gasteiger partial charge < -0.3 is 14.5 Å². The van der Waals surface area contributed by atoms with Gasteiger partial charge in [-0.25, -0.2) is 4.99 Å². The molecular formula is C18H27N3O. The molecule has 0 aromatic carbocycles. The van der Waals surface area contributed by atoms with E-state index in [9.17, 15) is 0 Å². The molecular weight excluding hydrogens is 274 g/mol. The van der Waals surface area contributed by atoms with Crippen molar-refractivity contribution in [2.75, 3.05) is 39.8 Å². The third-order valence-electron chi connectivity index (χ3n) is 5.04. The Labute approximate surface area is 133 Å². The number of rotatable bonds is 3. The fraction of sp³-hybridized carbons (Fsp3) is 0.611.